The second-order valence-electron chi connectivity index (χ2n) is 9.78. The molecule has 1 heterocycles. The van der Waals surface area contributed by atoms with Crippen LogP contribution in [0.4, 0.5) is 15.2 Å². The van der Waals surface area contributed by atoms with Gasteiger partial charge in [0.15, 0.2) is 5.13 Å². The van der Waals surface area contributed by atoms with Crippen molar-refractivity contribution in [2.45, 2.75) is 32.1 Å². The number of amides is 2. The molecule has 0 aliphatic heterocycles. The first-order valence-corrected chi connectivity index (χ1v) is 13.4. The lowest BCUT2D eigenvalue weighted by atomic mass is 9.85. The van der Waals surface area contributed by atoms with E-state index in [-0.39, 0.29) is 45.2 Å². The van der Waals surface area contributed by atoms with Crippen LogP contribution in [0.1, 0.15) is 48.2 Å². The van der Waals surface area contributed by atoms with Crippen molar-refractivity contribution >= 4 is 55.8 Å². The van der Waals surface area contributed by atoms with Crippen molar-refractivity contribution in [3.8, 4) is 23.6 Å². The van der Waals surface area contributed by atoms with Crippen LogP contribution in [0, 0.1) is 34.4 Å². The van der Waals surface area contributed by atoms with E-state index in [0.717, 1.165) is 18.9 Å². The number of nitriles is 2. The molecule has 0 saturated heterocycles. The smallest absolute Gasteiger partial charge is 0.257 e. The van der Waals surface area contributed by atoms with Gasteiger partial charge in [0, 0.05) is 12.0 Å². The number of halogens is 2. The van der Waals surface area contributed by atoms with Crippen molar-refractivity contribution in [2.75, 3.05) is 10.6 Å². The Labute approximate surface area is 238 Å². The van der Waals surface area contributed by atoms with Crippen LogP contribution in [-0.4, -0.2) is 16.8 Å². The number of ether oxygens (including phenoxy) is 1. The number of nitrogens with zero attached hydrogens (tertiary/aromatic N) is 3. The molecule has 5 rings (SSSR count). The third kappa shape index (κ3) is 5.32. The molecule has 11 heteroatoms. The highest BCUT2D eigenvalue weighted by Gasteiger charge is 2.30. The summed E-state index contributed by atoms with van der Waals surface area (Å²) in [7, 11) is 0. The van der Waals surface area contributed by atoms with E-state index < -0.39 is 17.1 Å². The van der Waals surface area contributed by atoms with Gasteiger partial charge in [-0.1, -0.05) is 35.1 Å². The Hall–Kier alpha value is -4.51. The summed E-state index contributed by atoms with van der Waals surface area (Å²) >= 11 is 7.62. The van der Waals surface area contributed by atoms with Crippen LogP contribution < -0.4 is 15.4 Å². The molecule has 0 spiro atoms. The van der Waals surface area contributed by atoms with E-state index in [1.54, 1.807) is 38.1 Å². The maximum atomic E-state index is 14.7. The molecule has 0 radical (unpaired) electrons. The summed E-state index contributed by atoms with van der Waals surface area (Å²) in [5.41, 5.74) is 0.199. The van der Waals surface area contributed by atoms with Gasteiger partial charge >= 0.3 is 0 Å². The van der Waals surface area contributed by atoms with E-state index in [1.165, 1.54) is 29.5 Å². The Bertz CT molecular complexity index is 1770. The fourth-order valence-electron chi connectivity index (χ4n) is 4.00. The maximum Gasteiger partial charge on any atom is 0.257 e. The van der Waals surface area contributed by atoms with Gasteiger partial charge in [0.2, 0.25) is 5.91 Å². The van der Waals surface area contributed by atoms with Crippen LogP contribution in [0.5, 0.6) is 11.5 Å². The molecule has 1 aliphatic rings. The number of anilines is 2. The number of thiazole rings is 1. The first kappa shape index (κ1) is 27.1. The number of benzene rings is 3. The Kier molecular flexibility index (Phi) is 7.16. The summed E-state index contributed by atoms with van der Waals surface area (Å²) < 4.78 is 21.1. The zero-order valence-electron chi connectivity index (χ0n) is 21.3. The monoisotopic (exact) mass is 573 g/mol. The van der Waals surface area contributed by atoms with E-state index in [1.807, 2.05) is 0 Å². The van der Waals surface area contributed by atoms with Crippen LogP contribution in [-0.2, 0) is 10.2 Å². The van der Waals surface area contributed by atoms with Gasteiger partial charge in [-0.15, -0.1) is 0 Å². The summed E-state index contributed by atoms with van der Waals surface area (Å²) in [4.78, 5) is 29.5. The number of aromatic nitrogens is 1. The highest BCUT2D eigenvalue weighted by Crippen LogP contribution is 2.38. The normalized spacial score (nSPS) is 12.8. The summed E-state index contributed by atoms with van der Waals surface area (Å²) in [6.45, 7) is 3.36. The molecule has 3 aromatic carbocycles. The Balaban J connectivity index is 1.40. The Morgan fingerprint density at radius 3 is 2.62 bits per heavy atom. The molecule has 1 fully saturated rings. The number of hydrogen-bond acceptors (Lipinski definition) is 7. The Morgan fingerprint density at radius 2 is 1.93 bits per heavy atom. The minimum Gasteiger partial charge on any atom is -0.456 e. The van der Waals surface area contributed by atoms with E-state index in [9.17, 15) is 24.5 Å². The molecule has 2 N–H and O–H groups in total. The number of rotatable bonds is 7. The van der Waals surface area contributed by atoms with E-state index in [2.05, 4.69) is 27.8 Å². The second-order valence-corrected chi connectivity index (χ2v) is 11.2. The van der Waals surface area contributed by atoms with Crippen LogP contribution in [0.15, 0.2) is 48.5 Å². The van der Waals surface area contributed by atoms with Gasteiger partial charge in [-0.25, -0.2) is 9.37 Å². The van der Waals surface area contributed by atoms with Crippen LogP contribution >= 0.6 is 22.9 Å². The first-order valence-electron chi connectivity index (χ1n) is 12.2. The fraction of sp³-hybridized carbons (Fsp3) is 0.207. The quantitative estimate of drug-likeness (QED) is 0.241. The molecular formula is C29H21ClFN5O3S. The average molecular weight is 574 g/mol. The lowest BCUT2D eigenvalue weighted by Crippen LogP contribution is -2.18. The summed E-state index contributed by atoms with van der Waals surface area (Å²) in [5.74, 6) is -1.07. The molecule has 2 amide bonds. The van der Waals surface area contributed by atoms with Gasteiger partial charge in [0.1, 0.15) is 28.9 Å². The van der Waals surface area contributed by atoms with Crippen molar-refractivity contribution in [3.05, 3.63) is 76.1 Å². The summed E-state index contributed by atoms with van der Waals surface area (Å²) in [6, 6.07) is 16.0. The topological polar surface area (TPSA) is 128 Å². The number of carbonyl (C=O) groups is 2. The number of hydrogen-bond donors (Lipinski definition) is 2. The largest absolute Gasteiger partial charge is 0.456 e. The van der Waals surface area contributed by atoms with E-state index >= 15 is 0 Å². The first-order chi connectivity index (χ1) is 19.1. The molecule has 4 aromatic rings. The Morgan fingerprint density at radius 1 is 1.15 bits per heavy atom. The highest BCUT2D eigenvalue weighted by atomic mass is 35.5. The minimum atomic E-state index is -0.937. The second kappa shape index (κ2) is 10.6. The molecule has 0 bridgehead atoms. The van der Waals surface area contributed by atoms with Gasteiger partial charge in [-0.2, -0.15) is 10.5 Å². The van der Waals surface area contributed by atoms with Gasteiger partial charge in [0.25, 0.3) is 5.91 Å². The average Bonchev–Trinajstić information content (AvgIpc) is 3.71. The zero-order valence-corrected chi connectivity index (χ0v) is 22.9. The van der Waals surface area contributed by atoms with E-state index in [0.29, 0.717) is 20.9 Å². The number of fused-ring (bicyclic) bond motifs is 1. The van der Waals surface area contributed by atoms with Crippen LogP contribution in [0.3, 0.4) is 0 Å². The SMILES string of the molecule is CC(C)(C#N)c1cccc(C(=O)Nc2cc(Oc3ccc4nc(NC(=O)C5CC5)sc4c3C#N)ccc2F)c1Cl. The fourth-order valence-corrected chi connectivity index (χ4v) is 5.41. The van der Waals surface area contributed by atoms with Crippen molar-refractivity contribution in [3.63, 3.8) is 0 Å². The molecule has 200 valence electrons. The molecule has 1 aromatic heterocycles. The highest BCUT2D eigenvalue weighted by molar-refractivity contribution is 7.22. The lowest BCUT2D eigenvalue weighted by Gasteiger charge is -2.19. The van der Waals surface area contributed by atoms with Crippen molar-refractivity contribution in [2.24, 2.45) is 5.92 Å². The number of nitrogens with one attached hydrogen (secondary N) is 2. The summed E-state index contributed by atoms with van der Waals surface area (Å²) in [5, 5.41) is 25.1. The predicted molar refractivity (Wildman–Crippen MR) is 150 cm³/mol. The minimum absolute atomic E-state index is 0.0128. The zero-order chi connectivity index (χ0) is 28.6. The molecule has 8 nitrogen and oxygen atoms in total. The molecule has 0 unspecified atom stereocenters. The third-order valence-corrected chi connectivity index (χ3v) is 7.83. The van der Waals surface area contributed by atoms with Crippen LogP contribution in [0.2, 0.25) is 5.02 Å². The molecule has 1 saturated carbocycles. The third-order valence-electron chi connectivity index (χ3n) is 6.42. The van der Waals surface area contributed by atoms with Crippen molar-refractivity contribution in [1.82, 2.24) is 4.98 Å². The van der Waals surface area contributed by atoms with Crippen molar-refractivity contribution in [1.29, 1.82) is 10.5 Å². The van der Waals surface area contributed by atoms with Crippen molar-refractivity contribution < 1.29 is 18.7 Å². The molecule has 0 atom stereocenters. The van der Waals surface area contributed by atoms with Crippen LogP contribution in [0.25, 0.3) is 10.2 Å². The van der Waals surface area contributed by atoms with Gasteiger partial charge in [-0.05, 0) is 62.6 Å². The molecule has 1 aliphatic carbocycles. The van der Waals surface area contributed by atoms with Gasteiger partial charge in [0.05, 0.1) is 38.0 Å². The van der Waals surface area contributed by atoms with E-state index in [4.69, 9.17) is 16.3 Å². The standard InChI is InChI=1S/C29H21ClFN5O3S/c1-29(2,14-33)19-5-3-4-17(24(19)30)27(38)34-22-12-16(8-9-20(22)31)39-23-11-10-21-25(18(23)13-32)40-28(35-21)36-26(37)15-6-7-15/h3-5,8-12,15H,6-7H2,1-2H3,(H,34,38)(H,35,36,37). The predicted octanol–water partition coefficient (Wildman–Crippen LogP) is 7.15. The number of carbonyl (C=O) groups excluding carboxylic acids is 2. The van der Waals surface area contributed by atoms with Gasteiger partial charge < -0.3 is 15.4 Å². The maximum absolute atomic E-state index is 14.7. The molecule has 40 heavy (non-hydrogen) atoms. The lowest BCUT2D eigenvalue weighted by molar-refractivity contribution is -0.117. The summed E-state index contributed by atoms with van der Waals surface area (Å²) in [6.07, 6.45) is 1.72. The van der Waals surface area contributed by atoms with Gasteiger partial charge in [-0.3, -0.25) is 9.59 Å². The molecular weight excluding hydrogens is 553 g/mol.